The van der Waals surface area contributed by atoms with Crippen molar-refractivity contribution in [2.24, 2.45) is 5.92 Å². The van der Waals surface area contributed by atoms with E-state index in [0.717, 1.165) is 19.4 Å². The number of hydrogen-bond acceptors (Lipinski definition) is 4. The van der Waals surface area contributed by atoms with Crippen molar-refractivity contribution >= 4 is 33.0 Å². The molecule has 1 aliphatic heterocycles. The first-order valence-corrected chi connectivity index (χ1v) is 9.07. The van der Waals surface area contributed by atoms with Crippen LogP contribution in [0, 0.1) is 5.92 Å². The zero-order valence-electron chi connectivity index (χ0n) is 10.8. The molecule has 0 radical (unpaired) electrons. The van der Waals surface area contributed by atoms with Crippen molar-refractivity contribution in [1.82, 2.24) is 4.31 Å². The van der Waals surface area contributed by atoms with Crippen LogP contribution in [0.25, 0.3) is 0 Å². The second-order valence-electron chi connectivity index (χ2n) is 4.71. The lowest BCUT2D eigenvalue weighted by Gasteiger charge is -2.26. The molecule has 1 atom stereocenters. The number of sulfonamides is 1. The Kier molecular flexibility index (Phi) is 5.25. The van der Waals surface area contributed by atoms with Crippen molar-refractivity contribution in [1.29, 1.82) is 0 Å². The maximum absolute atomic E-state index is 12.5. The van der Waals surface area contributed by atoms with Crippen LogP contribution in [-0.4, -0.2) is 39.5 Å². The molecule has 0 amide bonds. The Morgan fingerprint density at radius 1 is 1.58 bits per heavy atom. The number of thiophene rings is 1. The van der Waals surface area contributed by atoms with E-state index < -0.39 is 10.0 Å². The van der Waals surface area contributed by atoms with E-state index in [-0.39, 0.29) is 11.8 Å². The number of hydrogen-bond donors (Lipinski definition) is 0. The molecular formula is C12H18ClNO3S2. The minimum atomic E-state index is -3.43. The van der Waals surface area contributed by atoms with E-state index in [1.165, 1.54) is 15.6 Å². The molecule has 1 aromatic rings. The van der Waals surface area contributed by atoms with E-state index in [1.54, 1.807) is 18.5 Å². The summed E-state index contributed by atoms with van der Waals surface area (Å²) in [6.45, 7) is 1.93. The Hall–Kier alpha value is -0.140. The number of nitrogens with zero attached hydrogens (tertiary/aromatic N) is 1. The van der Waals surface area contributed by atoms with Crippen LogP contribution in [0.15, 0.2) is 16.3 Å². The first-order chi connectivity index (χ1) is 9.05. The van der Waals surface area contributed by atoms with E-state index in [0.29, 0.717) is 22.9 Å². The van der Waals surface area contributed by atoms with Crippen LogP contribution in [-0.2, 0) is 20.6 Å². The van der Waals surface area contributed by atoms with Gasteiger partial charge in [0.05, 0.1) is 17.4 Å². The average molecular weight is 324 g/mol. The molecule has 0 spiro atoms. The molecule has 1 saturated heterocycles. The minimum absolute atomic E-state index is 0.229. The van der Waals surface area contributed by atoms with Crippen LogP contribution in [0.4, 0.5) is 0 Å². The fourth-order valence-corrected chi connectivity index (χ4v) is 5.15. The minimum Gasteiger partial charge on any atom is -0.381 e. The van der Waals surface area contributed by atoms with Gasteiger partial charge in [0.2, 0.25) is 10.0 Å². The third-order valence-corrected chi connectivity index (χ3v) is 6.67. The summed E-state index contributed by atoms with van der Waals surface area (Å²) in [5.74, 6) is 0.513. The Balaban J connectivity index is 2.10. The Bertz CT molecular complexity index is 509. The van der Waals surface area contributed by atoms with Crippen LogP contribution in [0.5, 0.6) is 0 Å². The fraction of sp³-hybridized carbons (Fsp3) is 0.667. The topological polar surface area (TPSA) is 46.6 Å². The van der Waals surface area contributed by atoms with Crippen molar-refractivity contribution in [3.8, 4) is 0 Å². The van der Waals surface area contributed by atoms with E-state index >= 15 is 0 Å². The molecule has 108 valence electrons. The highest BCUT2D eigenvalue weighted by Gasteiger charge is 2.27. The molecule has 1 aliphatic rings. The molecule has 0 bridgehead atoms. The molecule has 19 heavy (non-hydrogen) atoms. The average Bonchev–Trinajstić information content (AvgIpc) is 2.88. The van der Waals surface area contributed by atoms with Crippen LogP contribution >= 0.6 is 22.9 Å². The summed E-state index contributed by atoms with van der Waals surface area (Å²) in [5, 5.41) is 1.77. The lowest BCUT2D eigenvalue weighted by molar-refractivity contribution is 0.0495. The van der Waals surface area contributed by atoms with Crippen LogP contribution in [0.2, 0.25) is 0 Å². The van der Waals surface area contributed by atoms with Crippen molar-refractivity contribution < 1.29 is 13.2 Å². The quantitative estimate of drug-likeness (QED) is 0.782. The number of ether oxygens (including phenoxy) is 1. The van der Waals surface area contributed by atoms with Gasteiger partial charge in [0.15, 0.2) is 0 Å². The lowest BCUT2D eigenvalue weighted by Crippen LogP contribution is -2.35. The fourth-order valence-electron chi connectivity index (χ4n) is 2.24. The van der Waals surface area contributed by atoms with Crippen LogP contribution in [0.1, 0.15) is 17.7 Å². The lowest BCUT2D eigenvalue weighted by atomic mass is 10.0. The molecule has 2 heterocycles. The first kappa shape index (κ1) is 15.3. The summed E-state index contributed by atoms with van der Waals surface area (Å²) in [4.78, 5) is 1.04. The zero-order valence-corrected chi connectivity index (χ0v) is 13.2. The molecular weight excluding hydrogens is 306 g/mol. The number of rotatable bonds is 5. The zero-order chi connectivity index (χ0) is 13.9. The number of alkyl halides is 1. The monoisotopic (exact) mass is 323 g/mol. The second kappa shape index (κ2) is 6.54. The van der Waals surface area contributed by atoms with E-state index in [9.17, 15) is 8.42 Å². The summed E-state index contributed by atoms with van der Waals surface area (Å²) >= 11 is 7.16. The summed E-state index contributed by atoms with van der Waals surface area (Å²) < 4.78 is 31.8. The van der Waals surface area contributed by atoms with Crippen molar-refractivity contribution in [3.63, 3.8) is 0 Å². The van der Waals surface area contributed by atoms with Gasteiger partial charge < -0.3 is 4.74 Å². The molecule has 7 heteroatoms. The third kappa shape index (κ3) is 3.49. The predicted molar refractivity (Wildman–Crippen MR) is 77.2 cm³/mol. The van der Waals surface area contributed by atoms with Gasteiger partial charge in [-0.1, -0.05) is 0 Å². The molecule has 1 fully saturated rings. The van der Waals surface area contributed by atoms with Crippen LogP contribution < -0.4 is 0 Å². The first-order valence-electron chi connectivity index (χ1n) is 6.22. The summed E-state index contributed by atoms with van der Waals surface area (Å²) in [6.07, 6.45) is 2.02. The summed E-state index contributed by atoms with van der Waals surface area (Å²) in [5.41, 5.74) is 0. The smallest absolute Gasteiger partial charge is 0.243 e. The standard InChI is InChI=1S/C12H18ClNO3S2/c1-14(8-10-3-2-5-17-9-10)19(15,16)12-4-6-18-11(12)7-13/h4,6,10H,2-3,5,7-9H2,1H3. The molecule has 1 unspecified atom stereocenters. The van der Waals surface area contributed by atoms with Crippen molar-refractivity contribution in [2.45, 2.75) is 23.6 Å². The van der Waals surface area contributed by atoms with Gasteiger partial charge in [0.25, 0.3) is 0 Å². The number of halogens is 1. The maximum Gasteiger partial charge on any atom is 0.243 e. The highest BCUT2D eigenvalue weighted by atomic mass is 35.5. The van der Waals surface area contributed by atoms with Gasteiger partial charge in [-0.3, -0.25) is 0 Å². The van der Waals surface area contributed by atoms with Crippen molar-refractivity contribution in [3.05, 3.63) is 16.3 Å². The van der Waals surface area contributed by atoms with E-state index in [2.05, 4.69) is 0 Å². The Labute approximate surface area is 123 Å². The predicted octanol–water partition coefficient (Wildman–Crippen LogP) is 2.53. The van der Waals surface area contributed by atoms with Gasteiger partial charge in [-0.25, -0.2) is 12.7 Å². The van der Waals surface area contributed by atoms with Gasteiger partial charge in [-0.2, -0.15) is 0 Å². The molecule has 0 N–H and O–H groups in total. The molecule has 0 aromatic carbocycles. The molecule has 2 rings (SSSR count). The van der Waals surface area contributed by atoms with Crippen molar-refractivity contribution in [2.75, 3.05) is 26.8 Å². The third-order valence-electron chi connectivity index (χ3n) is 3.28. The second-order valence-corrected chi connectivity index (χ2v) is 7.99. The van der Waals surface area contributed by atoms with Gasteiger partial charge in [0, 0.05) is 25.1 Å². The Morgan fingerprint density at radius 3 is 3.00 bits per heavy atom. The van der Waals surface area contributed by atoms with Crippen LogP contribution in [0.3, 0.4) is 0 Å². The maximum atomic E-state index is 12.5. The van der Waals surface area contributed by atoms with E-state index in [4.69, 9.17) is 16.3 Å². The molecule has 0 saturated carbocycles. The largest absolute Gasteiger partial charge is 0.381 e. The highest BCUT2D eigenvalue weighted by molar-refractivity contribution is 7.89. The van der Waals surface area contributed by atoms with Gasteiger partial charge >= 0.3 is 0 Å². The Morgan fingerprint density at radius 2 is 2.37 bits per heavy atom. The van der Waals surface area contributed by atoms with Gasteiger partial charge in [-0.05, 0) is 30.2 Å². The molecule has 4 nitrogen and oxygen atoms in total. The highest BCUT2D eigenvalue weighted by Crippen LogP contribution is 2.27. The SMILES string of the molecule is CN(CC1CCCOC1)S(=O)(=O)c1ccsc1CCl. The summed E-state index contributed by atoms with van der Waals surface area (Å²) in [6, 6.07) is 1.63. The van der Waals surface area contributed by atoms with Gasteiger partial charge in [-0.15, -0.1) is 22.9 Å². The molecule has 0 aliphatic carbocycles. The normalized spacial score (nSPS) is 20.9. The summed E-state index contributed by atoms with van der Waals surface area (Å²) in [7, 11) is -1.81. The van der Waals surface area contributed by atoms with E-state index in [1.807, 2.05) is 0 Å². The molecule has 1 aromatic heterocycles. The van der Waals surface area contributed by atoms with Gasteiger partial charge in [0.1, 0.15) is 0 Å².